The fourth-order valence-electron chi connectivity index (χ4n) is 4.12. The maximum absolute atomic E-state index is 13.0. The molecule has 164 valence electrons. The molecule has 0 bridgehead atoms. The van der Waals surface area contributed by atoms with Crippen LogP contribution >= 0.6 is 0 Å². The predicted octanol–water partition coefficient (Wildman–Crippen LogP) is 1.76. The molecule has 2 N–H and O–H groups in total. The van der Waals surface area contributed by atoms with Gasteiger partial charge in [-0.15, -0.1) is 0 Å². The van der Waals surface area contributed by atoms with Crippen molar-refractivity contribution in [3.63, 3.8) is 0 Å². The first-order valence-corrected chi connectivity index (χ1v) is 10.6. The minimum absolute atomic E-state index is 0.276. The van der Waals surface area contributed by atoms with E-state index in [1.54, 1.807) is 26.2 Å². The number of carbonyl (C=O) groups excluding carboxylic acids is 3. The van der Waals surface area contributed by atoms with E-state index >= 15 is 0 Å². The van der Waals surface area contributed by atoms with Crippen LogP contribution in [0.15, 0.2) is 18.2 Å². The van der Waals surface area contributed by atoms with E-state index in [1.165, 1.54) is 25.9 Å². The largest absolute Gasteiger partial charge is 0.496 e. The number of likely N-dealkylation sites (tertiary alicyclic amines) is 1. The molecule has 1 aromatic rings. The zero-order chi connectivity index (χ0) is 21.7. The van der Waals surface area contributed by atoms with Gasteiger partial charge in [0.15, 0.2) is 0 Å². The molecular weight excluding hydrogens is 384 g/mol. The quantitative estimate of drug-likeness (QED) is 0.473. The summed E-state index contributed by atoms with van der Waals surface area (Å²) in [5, 5.41) is 5.55. The van der Waals surface area contributed by atoms with Crippen molar-refractivity contribution in [2.45, 2.75) is 45.1 Å². The number of carbonyl (C=O) groups is 3. The number of nitrogens with one attached hydrogen (secondary N) is 2. The van der Waals surface area contributed by atoms with Gasteiger partial charge in [-0.1, -0.05) is 6.07 Å². The molecule has 0 spiro atoms. The van der Waals surface area contributed by atoms with Crippen molar-refractivity contribution in [2.75, 3.05) is 39.8 Å². The van der Waals surface area contributed by atoms with Gasteiger partial charge in [0, 0.05) is 6.54 Å². The number of hydrogen-bond donors (Lipinski definition) is 2. The van der Waals surface area contributed by atoms with Gasteiger partial charge in [0.2, 0.25) is 5.91 Å². The van der Waals surface area contributed by atoms with Gasteiger partial charge in [-0.05, 0) is 82.4 Å². The molecular formula is C22H32N4O4. The van der Waals surface area contributed by atoms with Crippen molar-refractivity contribution < 1.29 is 19.1 Å². The number of unbranched alkanes of at least 4 members (excludes halogenated alkanes) is 1. The number of ether oxygens (including phenoxy) is 1. The minimum atomic E-state index is -1.20. The SMILES string of the molecule is COc1ccc(C2(C)NC(=O)N(CC(=O)NCCCCN3CCCC3)C2=O)cc1C. The van der Waals surface area contributed by atoms with Crippen LogP contribution in [0.4, 0.5) is 4.79 Å². The summed E-state index contributed by atoms with van der Waals surface area (Å²) < 4.78 is 5.26. The standard InChI is InChI=1S/C22H32N4O4/c1-16-14-17(8-9-18(16)30-3)22(2)20(28)26(21(29)24-22)15-19(27)23-10-4-5-11-25-12-6-7-13-25/h8-9,14H,4-7,10-13,15H2,1-3H3,(H,23,27)(H,24,29). The molecule has 0 saturated carbocycles. The molecule has 4 amide bonds. The van der Waals surface area contributed by atoms with E-state index in [0.717, 1.165) is 29.8 Å². The Balaban J connectivity index is 1.51. The van der Waals surface area contributed by atoms with Gasteiger partial charge in [-0.25, -0.2) is 4.79 Å². The average molecular weight is 417 g/mol. The lowest BCUT2D eigenvalue weighted by molar-refractivity contribution is -0.134. The molecule has 2 heterocycles. The summed E-state index contributed by atoms with van der Waals surface area (Å²) >= 11 is 0. The van der Waals surface area contributed by atoms with E-state index in [0.29, 0.717) is 17.9 Å². The van der Waals surface area contributed by atoms with Gasteiger partial charge in [-0.2, -0.15) is 0 Å². The fraction of sp³-hybridized carbons (Fsp3) is 0.591. The molecule has 0 aromatic heterocycles. The fourth-order valence-corrected chi connectivity index (χ4v) is 4.12. The van der Waals surface area contributed by atoms with Crippen LogP contribution in [0.25, 0.3) is 0 Å². The van der Waals surface area contributed by atoms with Crippen LogP contribution in [0.2, 0.25) is 0 Å². The average Bonchev–Trinajstić information content (AvgIpc) is 3.31. The number of urea groups is 1. The first-order chi connectivity index (χ1) is 14.3. The number of nitrogens with zero attached hydrogens (tertiary/aromatic N) is 2. The van der Waals surface area contributed by atoms with Gasteiger partial charge in [0.05, 0.1) is 7.11 Å². The third-order valence-electron chi connectivity index (χ3n) is 5.97. The van der Waals surface area contributed by atoms with Gasteiger partial charge in [0.1, 0.15) is 17.8 Å². The van der Waals surface area contributed by atoms with Crippen LogP contribution in [0.3, 0.4) is 0 Å². The normalized spacial score (nSPS) is 21.8. The molecule has 8 nitrogen and oxygen atoms in total. The third-order valence-corrected chi connectivity index (χ3v) is 5.97. The Bertz CT molecular complexity index is 806. The Morgan fingerprint density at radius 3 is 2.63 bits per heavy atom. The molecule has 0 aliphatic carbocycles. The highest BCUT2D eigenvalue weighted by atomic mass is 16.5. The van der Waals surface area contributed by atoms with Crippen molar-refractivity contribution in [1.29, 1.82) is 0 Å². The zero-order valence-electron chi connectivity index (χ0n) is 18.1. The summed E-state index contributed by atoms with van der Waals surface area (Å²) in [4.78, 5) is 41.1. The van der Waals surface area contributed by atoms with Crippen LogP contribution in [0, 0.1) is 6.92 Å². The molecule has 30 heavy (non-hydrogen) atoms. The van der Waals surface area contributed by atoms with Crippen molar-refractivity contribution in [1.82, 2.24) is 20.4 Å². The summed E-state index contributed by atoms with van der Waals surface area (Å²) in [6, 6.07) is 4.79. The monoisotopic (exact) mass is 416 g/mol. The second-order valence-electron chi connectivity index (χ2n) is 8.24. The van der Waals surface area contributed by atoms with Gasteiger partial charge < -0.3 is 20.3 Å². The second-order valence-corrected chi connectivity index (χ2v) is 8.24. The molecule has 1 aromatic carbocycles. The Morgan fingerprint density at radius 2 is 1.97 bits per heavy atom. The van der Waals surface area contributed by atoms with Crippen molar-refractivity contribution in [2.24, 2.45) is 0 Å². The Labute approximate surface area is 177 Å². The van der Waals surface area contributed by atoms with Crippen molar-refractivity contribution >= 4 is 17.8 Å². The smallest absolute Gasteiger partial charge is 0.325 e. The number of aryl methyl sites for hydroxylation is 1. The maximum Gasteiger partial charge on any atom is 0.325 e. The summed E-state index contributed by atoms with van der Waals surface area (Å²) in [6.45, 7) is 7.21. The molecule has 2 fully saturated rings. The van der Waals surface area contributed by atoms with Gasteiger partial charge >= 0.3 is 6.03 Å². The maximum atomic E-state index is 13.0. The number of hydrogen-bond acceptors (Lipinski definition) is 5. The Hall–Kier alpha value is -2.61. The highest BCUT2D eigenvalue weighted by Crippen LogP contribution is 2.31. The summed E-state index contributed by atoms with van der Waals surface area (Å²) in [5.41, 5.74) is 0.316. The molecule has 1 unspecified atom stereocenters. The molecule has 1 atom stereocenters. The predicted molar refractivity (Wildman–Crippen MR) is 113 cm³/mol. The van der Waals surface area contributed by atoms with Crippen molar-refractivity contribution in [3.05, 3.63) is 29.3 Å². The van der Waals surface area contributed by atoms with Crippen LogP contribution in [-0.4, -0.2) is 67.5 Å². The van der Waals surface area contributed by atoms with E-state index < -0.39 is 17.5 Å². The van der Waals surface area contributed by atoms with E-state index in [2.05, 4.69) is 15.5 Å². The highest BCUT2D eigenvalue weighted by Gasteiger charge is 2.49. The first kappa shape index (κ1) is 22.1. The zero-order valence-corrected chi connectivity index (χ0v) is 18.1. The number of amides is 4. The molecule has 3 rings (SSSR count). The molecule has 0 radical (unpaired) electrons. The Kier molecular flexibility index (Phi) is 6.97. The first-order valence-electron chi connectivity index (χ1n) is 10.6. The highest BCUT2D eigenvalue weighted by molar-refractivity contribution is 6.09. The molecule has 2 aliphatic rings. The number of benzene rings is 1. The van der Waals surface area contributed by atoms with E-state index in [4.69, 9.17) is 4.74 Å². The molecule has 2 saturated heterocycles. The van der Waals surface area contributed by atoms with Crippen LogP contribution in [0.5, 0.6) is 5.75 Å². The number of rotatable bonds is 9. The van der Waals surface area contributed by atoms with Gasteiger partial charge in [-0.3, -0.25) is 14.5 Å². The van der Waals surface area contributed by atoms with Crippen LogP contribution in [-0.2, 0) is 15.1 Å². The van der Waals surface area contributed by atoms with Crippen LogP contribution in [0.1, 0.15) is 43.7 Å². The summed E-state index contributed by atoms with van der Waals surface area (Å²) in [7, 11) is 1.58. The van der Waals surface area contributed by atoms with Gasteiger partial charge in [0.25, 0.3) is 5.91 Å². The topological polar surface area (TPSA) is 91.0 Å². The molecule has 8 heteroatoms. The molecule has 2 aliphatic heterocycles. The van der Waals surface area contributed by atoms with Crippen LogP contribution < -0.4 is 15.4 Å². The van der Waals surface area contributed by atoms with E-state index in [-0.39, 0.29) is 12.5 Å². The lowest BCUT2D eigenvalue weighted by Crippen LogP contribution is -2.43. The summed E-state index contributed by atoms with van der Waals surface area (Å²) in [5.74, 6) is -0.0452. The lowest BCUT2D eigenvalue weighted by atomic mass is 9.90. The van der Waals surface area contributed by atoms with E-state index in [1.807, 2.05) is 13.0 Å². The van der Waals surface area contributed by atoms with Crippen molar-refractivity contribution in [3.8, 4) is 5.75 Å². The summed E-state index contributed by atoms with van der Waals surface area (Å²) in [6.07, 6.45) is 4.46. The number of imide groups is 1. The van der Waals surface area contributed by atoms with E-state index in [9.17, 15) is 14.4 Å². The minimum Gasteiger partial charge on any atom is -0.496 e. The Morgan fingerprint density at radius 1 is 1.23 bits per heavy atom. The third kappa shape index (κ3) is 4.75. The second kappa shape index (κ2) is 9.47. The lowest BCUT2D eigenvalue weighted by Gasteiger charge is -2.23. The number of methoxy groups -OCH3 is 1.